The van der Waals surface area contributed by atoms with Crippen LogP contribution in [0, 0.1) is 0 Å². The van der Waals surface area contributed by atoms with Crippen molar-refractivity contribution in [2.24, 2.45) is 0 Å². The van der Waals surface area contributed by atoms with Crippen LogP contribution in [0.5, 0.6) is 0 Å². The van der Waals surface area contributed by atoms with E-state index in [0.29, 0.717) is 5.39 Å². The van der Waals surface area contributed by atoms with Gasteiger partial charge in [-0.05, 0) is 25.8 Å². The first-order valence-corrected chi connectivity index (χ1v) is 9.53. The first-order chi connectivity index (χ1) is 12.3. The number of nitrogens with one attached hydrogen (secondary N) is 1. The fourth-order valence-electron chi connectivity index (χ4n) is 3.05. The Labute approximate surface area is 154 Å². The topological polar surface area (TPSA) is 54.9 Å². The molecule has 0 saturated heterocycles. The van der Waals surface area contributed by atoms with E-state index in [1.54, 1.807) is 25.1 Å². The first kappa shape index (κ1) is 18.9. The third kappa shape index (κ3) is 4.47. The number of carbonyl (C=O) groups excluding carboxylic acids is 1. The molecular formula is C18H20F3N3OS. The largest absolute Gasteiger partial charge is 0.451 e. The number of rotatable bonds is 4. The van der Waals surface area contributed by atoms with Crippen LogP contribution in [0.1, 0.15) is 44.9 Å². The molecule has 140 valence electrons. The lowest BCUT2D eigenvalue weighted by atomic mass is 9.95. The van der Waals surface area contributed by atoms with Gasteiger partial charge in [0.1, 0.15) is 5.03 Å². The quantitative estimate of drug-likeness (QED) is 0.620. The molecule has 1 heterocycles. The number of hydrogen-bond donors (Lipinski definition) is 1. The lowest BCUT2D eigenvalue weighted by molar-refractivity contribution is -0.145. The summed E-state index contributed by atoms with van der Waals surface area (Å²) >= 11 is 1.04. The van der Waals surface area contributed by atoms with Crippen LogP contribution >= 0.6 is 11.8 Å². The van der Waals surface area contributed by atoms with Gasteiger partial charge in [0, 0.05) is 11.4 Å². The molecule has 0 unspecified atom stereocenters. The normalized spacial score (nSPS) is 17.2. The minimum Gasteiger partial charge on any atom is -0.352 e. The van der Waals surface area contributed by atoms with Gasteiger partial charge in [-0.3, -0.25) is 4.79 Å². The second-order valence-electron chi connectivity index (χ2n) is 6.47. The molecule has 3 rings (SSSR count). The number of alkyl halides is 3. The van der Waals surface area contributed by atoms with Gasteiger partial charge in [0.2, 0.25) is 11.7 Å². The van der Waals surface area contributed by atoms with Crippen molar-refractivity contribution in [2.75, 3.05) is 0 Å². The van der Waals surface area contributed by atoms with Gasteiger partial charge in [-0.15, -0.1) is 0 Å². The number of aromatic nitrogens is 2. The highest BCUT2D eigenvalue weighted by molar-refractivity contribution is 8.00. The molecule has 1 N–H and O–H groups in total. The standard InChI is InChI=1S/C18H20F3N3OS/c1-11(15(25)22-12-7-3-2-4-8-12)26-16-13-9-5-6-10-14(13)23-17(24-16)18(19,20)21/h5-6,9-12H,2-4,7-8H2,1H3,(H,22,25)/t11-/m0/s1. The van der Waals surface area contributed by atoms with Crippen LogP contribution in [0.2, 0.25) is 0 Å². The van der Waals surface area contributed by atoms with Crippen molar-refractivity contribution < 1.29 is 18.0 Å². The molecule has 8 heteroatoms. The van der Waals surface area contributed by atoms with E-state index in [9.17, 15) is 18.0 Å². The van der Waals surface area contributed by atoms with Gasteiger partial charge >= 0.3 is 6.18 Å². The van der Waals surface area contributed by atoms with Crippen LogP contribution < -0.4 is 5.32 Å². The molecule has 0 spiro atoms. The van der Waals surface area contributed by atoms with E-state index >= 15 is 0 Å². The Morgan fingerprint density at radius 3 is 2.58 bits per heavy atom. The Morgan fingerprint density at radius 2 is 1.88 bits per heavy atom. The van der Waals surface area contributed by atoms with Gasteiger partial charge < -0.3 is 5.32 Å². The molecule has 4 nitrogen and oxygen atoms in total. The predicted octanol–water partition coefficient (Wildman–Crippen LogP) is 4.58. The SMILES string of the molecule is C[C@H](Sc1nc(C(F)(F)F)nc2ccccc12)C(=O)NC1CCCCC1. The van der Waals surface area contributed by atoms with Crippen molar-refractivity contribution in [3.63, 3.8) is 0 Å². The van der Waals surface area contributed by atoms with Crippen LogP contribution in [-0.4, -0.2) is 27.2 Å². The Balaban J connectivity index is 1.81. The van der Waals surface area contributed by atoms with E-state index in [-0.39, 0.29) is 22.5 Å². The maximum absolute atomic E-state index is 13.1. The monoisotopic (exact) mass is 383 g/mol. The molecule has 26 heavy (non-hydrogen) atoms. The molecule has 1 aliphatic carbocycles. The van der Waals surface area contributed by atoms with E-state index in [1.165, 1.54) is 12.5 Å². The maximum atomic E-state index is 13.1. The summed E-state index contributed by atoms with van der Waals surface area (Å²) in [6, 6.07) is 6.69. The fraction of sp³-hybridized carbons (Fsp3) is 0.500. The van der Waals surface area contributed by atoms with Crippen molar-refractivity contribution in [1.29, 1.82) is 0 Å². The van der Waals surface area contributed by atoms with Crippen molar-refractivity contribution in [3.05, 3.63) is 30.1 Å². The lowest BCUT2D eigenvalue weighted by Crippen LogP contribution is -2.40. The molecule has 1 saturated carbocycles. The molecule has 1 fully saturated rings. The van der Waals surface area contributed by atoms with E-state index < -0.39 is 17.3 Å². The number of thioether (sulfide) groups is 1. The lowest BCUT2D eigenvalue weighted by Gasteiger charge is -2.24. The van der Waals surface area contributed by atoms with Gasteiger partial charge in [0.25, 0.3) is 0 Å². The highest BCUT2D eigenvalue weighted by atomic mass is 32.2. The van der Waals surface area contributed by atoms with Gasteiger partial charge in [-0.25, -0.2) is 9.97 Å². The highest BCUT2D eigenvalue weighted by Gasteiger charge is 2.36. The fourth-order valence-corrected chi connectivity index (χ4v) is 4.00. The minimum atomic E-state index is -4.63. The summed E-state index contributed by atoms with van der Waals surface area (Å²) < 4.78 is 39.3. The zero-order valence-electron chi connectivity index (χ0n) is 14.3. The summed E-state index contributed by atoms with van der Waals surface area (Å²) in [5.41, 5.74) is 0.220. The van der Waals surface area contributed by atoms with E-state index in [2.05, 4.69) is 15.3 Å². The van der Waals surface area contributed by atoms with Crippen LogP contribution in [0.3, 0.4) is 0 Å². The molecular weight excluding hydrogens is 363 g/mol. The Hall–Kier alpha value is -1.83. The summed E-state index contributed by atoms with van der Waals surface area (Å²) in [7, 11) is 0. The molecule has 0 bridgehead atoms. The second kappa shape index (κ2) is 7.82. The van der Waals surface area contributed by atoms with E-state index in [1.807, 2.05) is 0 Å². The number of para-hydroxylation sites is 1. The van der Waals surface area contributed by atoms with Crippen molar-refractivity contribution >= 4 is 28.6 Å². The molecule has 1 aromatic carbocycles. The van der Waals surface area contributed by atoms with E-state index in [0.717, 1.165) is 37.4 Å². The Kier molecular flexibility index (Phi) is 5.70. The van der Waals surface area contributed by atoms with Crippen molar-refractivity contribution in [1.82, 2.24) is 15.3 Å². The third-order valence-corrected chi connectivity index (χ3v) is 5.53. The second-order valence-corrected chi connectivity index (χ2v) is 7.80. The number of halogens is 3. The van der Waals surface area contributed by atoms with Crippen LogP contribution in [0.4, 0.5) is 13.2 Å². The number of benzene rings is 1. The van der Waals surface area contributed by atoms with Crippen molar-refractivity contribution in [3.8, 4) is 0 Å². The number of fused-ring (bicyclic) bond motifs is 1. The van der Waals surface area contributed by atoms with Crippen LogP contribution in [0.25, 0.3) is 10.9 Å². The highest BCUT2D eigenvalue weighted by Crippen LogP contribution is 2.33. The molecule has 0 aliphatic heterocycles. The average molecular weight is 383 g/mol. The van der Waals surface area contributed by atoms with Crippen molar-refractivity contribution in [2.45, 2.75) is 61.5 Å². The first-order valence-electron chi connectivity index (χ1n) is 8.65. The minimum absolute atomic E-state index is 0.159. The number of nitrogens with zero attached hydrogens (tertiary/aromatic N) is 2. The molecule has 1 aromatic heterocycles. The molecule has 2 aromatic rings. The number of amides is 1. The molecule has 1 atom stereocenters. The van der Waals surface area contributed by atoms with Gasteiger partial charge in [-0.2, -0.15) is 13.2 Å². The third-order valence-electron chi connectivity index (χ3n) is 4.43. The number of hydrogen-bond acceptors (Lipinski definition) is 4. The maximum Gasteiger partial charge on any atom is 0.451 e. The molecule has 1 amide bonds. The Bertz CT molecular complexity index is 791. The number of carbonyl (C=O) groups is 1. The summed E-state index contributed by atoms with van der Waals surface area (Å²) in [6.07, 6.45) is 0.655. The zero-order valence-corrected chi connectivity index (χ0v) is 15.2. The summed E-state index contributed by atoms with van der Waals surface area (Å²) in [4.78, 5) is 19.7. The summed E-state index contributed by atoms with van der Waals surface area (Å²) in [5.74, 6) is -1.35. The molecule has 1 aliphatic rings. The van der Waals surface area contributed by atoms with Gasteiger partial charge in [0.05, 0.1) is 10.8 Å². The van der Waals surface area contributed by atoms with Crippen LogP contribution in [0.15, 0.2) is 29.3 Å². The van der Waals surface area contributed by atoms with Crippen LogP contribution in [-0.2, 0) is 11.0 Å². The zero-order chi connectivity index (χ0) is 18.7. The predicted molar refractivity (Wildman–Crippen MR) is 94.9 cm³/mol. The molecule has 0 radical (unpaired) electrons. The Morgan fingerprint density at radius 1 is 1.19 bits per heavy atom. The van der Waals surface area contributed by atoms with Gasteiger partial charge in [0.15, 0.2) is 0 Å². The van der Waals surface area contributed by atoms with Gasteiger partial charge in [-0.1, -0.05) is 49.2 Å². The smallest absolute Gasteiger partial charge is 0.352 e. The van der Waals surface area contributed by atoms with E-state index in [4.69, 9.17) is 0 Å². The summed E-state index contributed by atoms with van der Waals surface area (Å²) in [5, 5.41) is 3.15. The average Bonchev–Trinajstić information content (AvgIpc) is 2.61. The summed E-state index contributed by atoms with van der Waals surface area (Å²) in [6.45, 7) is 1.69.